The molecule has 31 heavy (non-hydrogen) atoms. The van der Waals surface area contributed by atoms with Crippen molar-refractivity contribution in [2.75, 3.05) is 18.5 Å². The molecule has 1 aliphatic heterocycles. The van der Waals surface area contributed by atoms with E-state index >= 15 is 0 Å². The van der Waals surface area contributed by atoms with E-state index in [0.717, 1.165) is 12.8 Å². The number of hydrogen-bond donors (Lipinski definition) is 2. The maximum absolute atomic E-state index is 12.4. The van der Waals surface area contributed by atoms with E-state index in [1.807, 2.05) is 0 Å². The number of nitro benzene ring substituents is 1. The van der Waals surface area contributed by atoms with Crippen LogP contribution in [0.25, 0.3) is 0 Å². The van der Waals surface area contributed by atoms with E-state index in [4.69, 9.17) is 9.47 Å². The number of ether oxygens (including phenoxy) is 2. The minimum Gasteiger partial charge on any atom is -0.481 e. The number of carbonyl (C=O) groups excluding carboxylic acids is 1. The van der Waals surface area contributed by atoms with Gasteiger partial charge in [-0.15, -0.1) is 0 Å². The van der Waals surface area contributed by atoms with Crippen molar-refractivity contribution in [3.8, 4) is 5.75 Å². The van der Waals surface area contributed by atoms with Crippen LogP contribution in [0.15, 0.2) is 53.4 Å². The standard InChI is InChI=1S/C20H23N3O7S/c1-14(30-17-8-6-16(7-9-17)23(25)26)20(24)22-15-4-10-19(11-5-15)31(27,28)21-13-18-3-2-12-29-18/h4-11,14,18,21H,2-3,12-13H2,1H3,(H,22,24). The Hall–Kier alpha value is -3.02. The Morgan fingerprint density at radius 1 is 1.23 bits per heavy atom. The zero-order valence-electron chi connectivity index (χ0n) is 16.8. The van der Waals surface area contributed by atoms with Gasteiger partial charge >= 0.3 is 0 Å². The van der Waals surface area contributed by atoms with Crippen molar-refractivity contribution in [3.05, 3.63) is 58.6 Å². The molecule has 1 aliphatic rings. The Morgan fingerprint density at radius 3 is 2.48 bits per heavy atom. The summed E-state index contributed by atoms with van der Waals surface area (Å²) >= 11 is 0. The summed E-state index contributed by atoms with van der Waals surface area (Å²) in [7, 11) is -3.68. The van der Waals surface area contributed by atoms with Crippen LogP contribution in [-0.4, -0.2) is 44.6 Å². The second-order valence-corrected chi connectivity index (χ2v) is 8.78. The summed E-state index contributed by atoms with van der Waals surface area (Å²) in [5, 5.41) is 13.3. The molecule has 1 fully saturated rings. The zero-order valence-corrected chi connectivity index (χ0v) is 17.6. The molecule has 2 aromatic carbocycles. The second-order valence-electron chi connectivity index (χ2n) is 7.01. The molecule has 2 atom stereocenters. The third kappa shape index (κ3) is 6.23. The lowest BCUT2D eigenvalue weighted by Crippen LogP contribution is -2.32. The number of amides is 1. The molecule has 0 bridgehead atoms. The summed E-state index contributed by atoms with van der Waals surface area (Å²) in [5.74, 6) is -0.141. The van der Waals surface area contributed by atoms with Crippen molar-refractivity contribution in [2.24, 2.45) is 0 Å². The minimum absolute atomic E-state index is 0.0789. The first-order valence-electron chi connectivity index (χ1n) is 9.68. The highest BCUT2D eigenvalue weighted by Gasteiger charge is 2.21. The van der Waals surface area contributed by atoms with Crippen molar-refractivity contribution in [2.45, 2.75) is 36.9 Å². The van der Waals surface area contributed by atoms with Gasteiger partial charge in [0.2, 0.25) is 10.0 Å². The van der Waals surface area contributed by atoms with Crippen molar-refractivity contribution < 1.29 is 27.6 Å². The lowest BCUT2D eigenvalue weighted by molar-refractivity contribution is -0.384. The Balaban J connectivity index is 1.54. The molecule has 0 aromatic heterocycles. The van der Waals surface area contributed by atoms with Gasteiger partial charge in [0.05, 0.1) is 15.9 Å². The first kappa shape index (κ1) is 22.7. The van der Waals surface area contributed by atoms with Crippen molar-refractivity contribution in [1.82, 2.24) is 4.72 Å². The normalized spacial score (nSPS) is 17.1. The highest BCUT2D eigenvalue weighted by molar-refractivity contribution is 7.89. The summed E-state index contributed by atoms with van der Waals surface area (Å²) in [6.07, 6.45) is 0.768. The van der Waals surface area contributed by atoms with Gasteiger partial charge in [0.1, 0.15) is 5.75 Å². The summed E-state index contributed by atoms with van der Waals surface area (Å²) < 4.78 is 38.2. The Kier molecular flexibility index (Phi) is 7.21. The predicted molar refractivity (Wildman–Crippen MR) is 112 cm³/mol. The number of non-ortho nitro benzene ring substituents is 1. The summed E-state index contributed by atoms with van der Waals surface area (Å²) in [6.45, 7) is 2.40. The Labute approximate surface area is 179 Å². The molecule has 2 unspecified atom stereocenters. The van der Waals surface area contributed by atoms with E-state index in [0.29, 0.717) is 18.0 Å². The molecule has 11 heteroatoms. The number of nitrogens with one attached hydrogen (secondary N) is 2. The summed E-state index contributed by atoms with van der Waals surface area (Å²) in [6, 6.07) is 11.1. The van der Waals surface area contributed by atoms with Crippen LogP contribution in [0.1, 0.15) is 19.8 Å². The Bertz CT molecular complexity index is 1020. The topological polar surface area (TPSA) is 137 Å². The summed E-state index contributed by atoms with van der Waals surface area (Å²) in [4.78, 5) is 22.6. The molecular formula is C20H23N3O7S. The van der Waals surface area contributed by atoms with Crippen LogP contribution in [0, 0.1) is 10.1 Å². The van der Waals surface area contributed by atoms with Crippen molar-refractivity contribution in [3.63, 3.8) is 0 Å². The molecule has 166 valence electrons. The molecular weight excluding hydrogens is 426 g/mol. The van der Waals surface area contributed by atoms with E-state index in [1.54, 1.807) is 0 Å². The highest BCUT2D eigenvalue weighted by Crippen LogP contribution is 2.20. The van der Waals surface area contributed by atoms with Gasteiger partial charge in [0.15, 0.2) is 6.10 Å². The number of carbonyl (C=O) groups is 1. The number of anilines is 1. The molecule has 3 rings (SSSR count). The van der Waals surface area contributed by atoms with Crippen LogP contribution in [0.5, 0.6) is 5.75 Å². The van der Waals surface area contributed by atoms with Gasteiger partial charge in [-0.2, -0.15) is 0 Å². The van der Waals surface area contributed by atoms with Gasteiger partial charge < -0.3 is 14.8 Å². The molecule has 10 nitrogen and oxygen atoms in total. The van der Waals surface area contributed by atoms with Crippen LogP contribution < -0.4 is 14.8 Å². The van der Waals surface area contributed by atoms with E-state index in [-0.39, 0.29) is 23.2 Å². The molecule has 2 N–H and O–H groups in total. The monoisotopic (exact) mass is 449 g/mol. The number of nitro groups is 1. The minimum atomic E-state index is -3.68. The van der Waals surface area contributed by atoms with Crippen LogP contribution in [0.3, 0.4) is 0 Å². The molecule has 1 heterocycles. The van der Waals surface area contributed by atoms with Gasteiger partial charge in [-0.1, -0.05) is 0 Å². The number of benzene rings is 2. The predicted octanol–water partition coefficient (Wildman–Crippen LogP) is 2.46. The quantitative estimate of drug-likeness (QED) is 0.443. The van der Waals surface area contributed by atoms with E-state index in [9.17, 15) is 23.3 Å². The molecule has 0 aliphatic carbocycles. The van der Waals surface area contributed by atoms with E-state index < -0.39 is 27.0 Å². The van der Waals surface area contributed by atoms with Crippen LogP contribution >= 0.6 is 0 Å². The van der Waals surface area contributed by atoms with Crippen molar-refractivity contribution >= 4 is 27.3 Å². The van der Waals surface area contributed by atoms with Crippen LogP contribution in [0.4, 0.5) is 11.4 Å². The smallest absolute Gasteiger partial charge is 0.269 e. The molecule has 2 aromatic rings. The van der Waals surface area contributed by atoms with Gasteiger partial charge in [0, 0.05) is 31.0 Å². The average Bonchev–Trinajstić information content (AvgIpc) is 3.27. The molecule has 1 saturated heterocycles. The fourth-order valence-corrected chi connectivity index (χ4v) is 4.02. The first-order valence-corrected chi connectivity index (χ1v) is 11.2. The van der Waals surface area contributed by atoms with Gasteiger partial charge in [-0.3, -0.25) is 14.9 Å². The molecule has 0 spiro atoms. The van der Waals surface area contributed by atoms with Crippen LogP contribution in [0.2, 0.25) is 0 Å². The third-order valence-corrected chi connectivity index (χ3v) is 6.13. The van der Waals surface area contributed by atoms with E-state index in [2.05, 4.69) is 10.0 Å². The molecule has 1 amide bonds. The maximum Gasteiger partial charge on any atom is 0.269 e. The second kappa shape index (κ2) is 9.86. The van der Waals surface area contributed by atoms with Gasteiger partial charge in [0.25, 0.3) is 11.6 Å². The van der Waals surface area contributed by atoms with E-state index in [1.165, 1.54) is 55.5 Å². The molecule has 0 radical (unpaired) electrons. The Morgan fingerprint density at radius 2 is 1.90 bits per heavy atom. The lowest BCUT2D eigenvalue weighted by atomic mass is 10.2. The SMILES string of the molecule is CC(Oc1ccc([N+](=O)[O-])cc1)C(=O)Nc1ccc(S(=O)(=O)NCC2CCCO2)cc1. The fraction of sp³-hybridized carbons (Fsp3) is 0.350. The first-order chi connectivity index (χ1) is 14.7. The van der Waals surface area contributed by atoms with Crippen molar-refractivity contribution in [1.29, 1.82) is 0 Å². The largest absolute Gasteiger partial charge is 0.481 e. The summed E-state index contributed by atoms with van der Waals surface area (Å²) in [5.41, 5.74) is 0.326. The average molecular weight is 449 g/mol. The van der Waals surface area contributed by atoms with Crippen LogP contribution in [-0.2, 0) is 19.6 Å². The fourth-order valence-electron chi connectivity index (χ4n) is 2.96. The lowest BCUT2D eigenvalue weighted by Gasteiger charge is -2.15. The number of sulfonamides is 1. The maximum atomic E-state index is 12.4. The third-order valence-electron chi connectivity index (χ3n) is 4.69. The molecule has 0 saturated carbocycles. The zero-order chi connectivity index (χ0) is 22.4. The van der Waals surface area contributed by atoms with Gasteiger partial charge in [-0.05, 0) is 56.2 Å². The highest BCUT2D eigenvalue weighted by atomic mass is 32.2. The number of rotatable bonds is 9. The van der Waals surface area contributed by atoms with Gasteiger partial charge in [-0.25, -0.2) is 13.1 Å². The number of nitrogens with zero attached hydrogens (tertiary/aromatic N) is 1. The number of hydrogen-bond acceptors (Lipinski definition) is 7.